The Hall–Kier alpha value is -0.650. The smallest absolute Gasteiger partial charge is 0.230 e. The lowest BCUT2D eigenvalue weighted by atomic mass is 9.62. The van der Waals surface area contributed by atoms with Crippen molar-refractivity contribution in [1.82, 2.24) is 4.90 Å². The van der Waals surface area contributed by atoms with Crippen LogP contribution in [0.15, 0.2) is 0 Å². The Morgan fingerprint density at radius 2 is 1.70 bits per heavy atom. The molecule has 0 heterocycles. The Bertz CT molecular complexity index is 281. The van der Waals surface area contributed by atoms with E-state index in [0.29, 0.717) is 52.0 Å². The van der Waals surface area contributed by atoms with Crippen molar-refractivity contribution in [2.24, 2.45) is 17.1 Å². The molecule has 1 aliphatic carbocycles. The Balaban J connectivity index is 2.57. The highest BCUT2D eigenvalue weighted by Crippen LogP contribution is 2.45. The second kappa shape index (κ2) is 8.60. The summed E-state index contributed by atoms with van der Waals surface area (Å²) in [5.41, 5.74) is 5.53. The summed E-state index contributed by atoms with van der Waals surface area (Å²) in [5, 5.41) is 0. The minimum atomic E-state index is -0.335. The van der Waals surface area contributed by atoms with Gasteiger partial charge in [-0.1, -0.05) is 6.92 Å². The molecule has 0 unspecified atom stereocenters. The van der Waals surface area contributed by atoms with Gasteiger partial charge >= 0.3 is 0 Å². The first kappa shape index (κ1) is 17.4. The quantitative estimate of drug-likeness (QED) is 0.614. The van der Waals surface area contributed by atoms with Crippen LogP contribution in [0.5, 0.6) is 0 Å². The molecule has 1 fully saturated rings. The van der Waals surface area contributed by atoms with E-state index < -0.39 is 0 Å². The van der Waals surface area contributed by atoms with E-state index in [1.54, 1.807) is 0 Å². The van der Waals surface area contributed by atoms with Crippen LogP contribution in [-0.4, -0.2) is 56.9 Å². The van der Waals surface area contributed by atoms with Crippen molar-refractivity contribution >= 4 is 5.91 Å². The molecule has 2 N–H and O–H groups in total. The van der Waals surface area contributed by atoms with Crippen molar-refractivity contribution in [1.29, 1.82) is 0 Å². The minimum absolute atomic E-state index is 0.178. The lowest BCUT2D eigenvalue weighted by molar-refractivity contribution is -0.151. The van der Waals surface area contributed by atoms with Crippen LogP contribution in [0.1, 0.15) is 33.6 Å². The maximum Gasteiger partial charge on any atom is 0.230 e. The lowest BCUT2D eigenvalue weighted by Gasteiger charge is -2.46. The SMILES string of the molecule is CCOCCN(CCOCC)C(=O)C1(CN)CC(C)C1. The maximum absolute atomic E-state index is 12.7. The van der Waals surface area contributed by atoms with Gasteiger partial charge in [0.2, 0.25) is 5.91 Å². The van der Waals surface area contributed by atoms with Gasteiger partial charge in [-0.3, -0.25) is 4.79 Å². The first-order chi connectivity index (χ1) is 9.59. The van der Waals surface area contributed by atoms with Gasteiger partial charge in [0.15, 0.2) is 0 Å². The third-order valence-electron chi connectivity index (χ3n) is 4.03. The number of ether oxygens (including phenoxy) is 2. The van der Waals surface area contributed by atoms with Crippen LogP contribution in [-0.2, 0) is 14.3 Å². The molecule has 0 atom stereocenters. The zero-order valence-electron chi connectivity index (χ0n) is 13.2. The van der Waals surface area contributed by atoms with E-state index in [1.165, 1.54) is 0 Å². The van der Waals surface area contributed by atoms with Crippen LogP contribution < -0.4 is 5.73 Å². The molecule has 118 valence electrons. The number of carbonyl (C=O) groups excluding carboxylic acids is 1. The molecule has 1 rings (SSSR count). The first-order valence-electron chi connectivity index (χ1n) is 7.74. The average molecular weight is 286 g/mol. The van der Waals surface area contributed by atoms with Gasteiger partial charge < -0.3 is 20.1 Å². The van der Waals surface area contributed by atoms with Gasteiger partial charge in [0.1, 0.15) is 0 Å². The molecular weight excluding hydrogens is 256 g/mol. The summed E-state index contributed by atoms with van der Waals surface area (Å²) in [7, 11) is 0. The Labute approximate surface area is 122 Å². The Morgan fingerprint density at radius 1 is 1.20 bits per heavy atom. The number of rotatable bonds is 10. The highest BCUT2D eigenvalue weighted by atomic mass is 16.5. The zero-order valence-corrected chi connectivity index (χ0v) is 13.2. The number of nitrogens with zero attached hydrogens (tertiary/aromatic N) is 1. The fourth-order valence-corrected chi connectivity index (χ4v) is 2.99. The van der Waals surface area contributed by atoms with Gasteiger partial charge in [0.05, 0.1) is 18.6 Å². The molecule has 0 aromatic carbocycles. The van der Waals surface area contributed by atoms with E-state index in [1.807, 2.05) is 18.7 Å². The van der Waals surface area contributed by atoms with Gasteiger partial charge in [-0.15, -0.1) is 0 Å². The monoisotopic (exact) mass is 286 g/mol. The predicted octanol–water partition coefficient (Wildman–Crippen LogP) is 1.26. The number of nitrogens with two attached hydrogens (primary N) is 1. The Kier molecular flexibility index (Phi) is 7.48. The minimum Gasteiger partial charge on any atom is -0.380 e. The summed E-state index contributed by atoms with van der Waals surface area (Å²) >= 11 is 0. The zero-order chi connectivity index (χ0) is 15.0. The van der Waals surface area contributed by atoms with E-state index in [-0.39, 0.29) is 11.3 Å². The standard InChI is InChI=1S/C15H30N2O3/c1-4-19-8-6-17(7-9-20-5-2)14(18)15(12-16)10-13(3)11-15/h13H,4-12,16H2,1-3H3. The Morgan fingerprint density at radius 3 is 2.05 bits per heavy atom. The van der Waals surface area contributed by atoms with Crippen LogP contribution in [0.2, 0.25) is 0 Å². The van der Waals surface area contributed by atoms with E-state index >= 15 is 0 Å². The average Bonchev–Trinajstić information content (AvgIpc) is 2.41. The largest absolute Gasteiger partial charge is 0.380 e. The second-order valence-electron chi connectivity index (χ2n) is 5.68. The molecule has 1 saturated carbocycles. The van der Waals surface area contributed by atoms with Crippen molar-refractivity contribution in [3.63, 3.8) is 0 Å². The van der Waals surface area contributed by atoms with Crippen molar-refractivity contribution in [2.75, 3.05) is 46.1 Å². The van der Waals surface area contributed by atoms with E-state index in [2.05, 4.69) is 6.92 Å². The molecule has 0 bridgehead atoms. The predicted molar refractivity (Wildman–Crippen MR) is 79.5 cm³/mol. The maximum atomic E-state index is 12.7. The van der Waals surface area contributed by atoms with Crippen molar-refractivity contribution < 1.29 is 14.3 Å². The van der Waals surface area contributed by atoms with E-state index in [9.17, 15) is 4.79 Å². The fraction of sp³-hybridized carbons (Fsp3) is 0.933. The number of hydrogen-bond acceptors (Lipinski definition) is 4. The summed E-state index contributed by atoms with van der Waals surface area (Å²) in [5.74, 6) is 0.778. The summed E-state index contributed by atoms with van der Waals surface area (Å²) in [4.78, 5) is 14.6. The van der Waals surface area contributed by atoms with Crippen LogP contribution in [0, 0.1) is 11.3 Å². The highest BCUT2D eigenvalue weighted by Gasteiger charge is 2.48. The summed E-state index contributed by atoms with van der Waals surface area (Å²) in [6, 6.07) is 0. The number of amides is 1. The van der Waals surface area contributed by atoms with E-state index in [0.717, 1.165) is 12.8 Å². The third kappa shape index (κ3) is 4.43. The molecule has 0 aromatic rings. The third-order valence-corrected chi connectivity index (χ3v) is 4.03. The van der Waals surface area contributed by atoms with Gasteiger partial charge in [0, 0.05) is 32.8 Å². The molecule has 1 aliphatic rings. The van der Waals surface area contributed by atoms with Gasteiger partial charge in [-0.05, 0) is 32.6 Å². The van der Waals surface area contributed by atoms with Crippen molar-refractivity contribution in [3.8, 4) is 0 Å². The molecule has 0 saturated heterocycles. The van der Waals surface area contributed by atoms with Crippen LogP contribution in [0.25, 0.3) is 0 Å². The molecule has 1 amide bonds. The second-order valence-corrected chi connectivity index (χ2v) is 5.68. The first-order valence-corrected chi connectivity index (χ1v) is 7.74. The van der Waals surface area contributed by atoms with Crippen LogP contribution in [0.3, 0.4) is 0 Å². The number of carbonyl (C=O) groups is 1. The topological polar surface area (TPSA) is 64.8 Å². The lowest BCUT2D eigenvalue weighted by Crippen LogP contribution is -2.55. The normalized spacial score (nSPS) is 25.3. The van der Waals surface area contributed by atoms with Crippen molar-refractivity contribution in [2.45, 2.75) is 33.6 Å². The van der Waals surface area contributed by atoms with E-state index in [4.69, 9.17) is 15.2 Å². The van der Waals surface area contributed by atoms with Crippen molar-refractivity contribution in [3.05, 3.63) is 0 Å². The van der Waals surface area contributed by atoms with Gasteiger partial charge in [-0.2, -0.15) is 0 Å². The van der Waals surface area contributed by atoms with Gasteiger partial charge in [-0.25, -0.2) is 0 Å². The highest BCUT2D eigenvalue weighted by molar-refractivity contribution is 5.84. The molecule has 5 nitrogen and oxygen atoms in total. The molecular formula is C15H30N2O3. The van der Waals surface area contributed by atoms with Gasteiger partial charge in [0.25, 0.3) is 0 Å². The molecule has 5 heteroatoms. The summed E-state index contributed by atoms with van der Waals surface area (Å²) in [6.45, 7) is 10.3. The molecule has 20 heavy (non-hydrogen) atoms. The fourth-order valence-electron chi connectivity index (χ4n) is 2.99. The molecule has 0 radical (unpaired) electrons. The summed E-state index contributed by atoms with van der Waals surface area (Å²) < 4.78 is 10.7. The number of hydrogen-bond donors (Lipinski definition) is 1. The van der Waals surface area contributed by atoms with Crippen LogP contribution in [0.4, 0.5) is 0 Å². The molecule has 0 spiro atoms. The molecule has 0 aliphatic heterocycles. The molecule has 0 aromatic heterocycles. The summed E-state index contributed by atoms with van der Waals surface area (Å²) in [6.07, 6.45) is 1.81. The van der Waals surface area contributed by atoms with Crippen LogP contribution >= 0.6 is 0 Å².